The SMILES string of the molecule is COc1ccc(NC(=O)Cc2ccc(S(=O)(=O)N3CCCC3)s2)cn1. The monoisotopic (exact) mass is 381 g/mol. The maximum absolute atomic E-state index is 12.5. The number of rotatable bonds is 6. The predicted octanol–water partition coefficient (Wildman–Crippen LogP) is 2.12. The summed E-state index contributed by atoms with van der Waals surface area (Å²) in [6.07, 6.45) is 3.42. The average molecular weight is 381 g/mol. The number of hydrogen-bond acceptors (Lipinski definition) is 6. The summed E-state index contributed by atoms with van der Waals surface area (Å²) in [6.45, 7) is 1.14. The van der Waals surface area contributed by atoms with Crippen molar-refractivity contribution in [3.05, 3.63) is 35.3 Å². The van der Waals surface area contributed by atoms with Gasteiger partial charge < -0.3 is 10.1 Å². The number of carbonyl (C=O) groups excluding carboxylic acids is 1. The second-order valence-corrected chi connectivity index (χ2v) is 8.98. The van der Waals surface area contributed by atoms with Crippen LogP contribution < -0.4 is 10.1 Å². The lowest BCUT2D eigenvalue weighted by atomic mass is 10.3. The number of methoxy groups -OCH3 is 1. The van der Waals surface area contributed by atoms with E-state index in [2.05, 4.69) is 10.3 Å². The number of hydrogen-bond donors (Lipinski definition) is 1. The molecule has 3 rings (SSSR count). The molecule has 1 aliphatic rings. The molecule has 0 spiro atoms. The van der Waals surface area contributed by atoms with E-state index in [4.69, 9.17) is 4.74 Å². The lowest BCUT2D eigenvalue weighted by molar-refractivity contribution is -0.115. The van der Waals surface area contributed by atoms with Crippen molar-refractivity contribution < 1.29 is 17.9 Å². The highest BCUT2D eigenvalue weighted by molar-refractivity contribution is 7.91. The molecule has 1 amide bonds. The predicted molar refractivity (Wildman–Crippen MR) is 95.4 cm³/mol. The number of pyridine rings is 1. The Labute approximate surface area is 150 Å². The lowest BCUT2D eigenvalue weighted by Crippen LogP contribution is -2.27. The average Bonchev–Trinajstić information content (AvgIpc) is 3.27. The van der Waals surface area contributed by atoms with Gasteiger partial charge >= 0.3 is 0 Å². The van der Waals surface area contributed by atoms with Gasteiger partial charge in [-0.2, -0.15) is 4.31 Å². The van der Waals surface area contributed by atoms with Crippen molar-refractivity contribution >= 4 is 33.0 Å². The van der Waals surface area contributed by atoms with Gasteiger partial charge in [0, 0.05) is 24.0 Å². The van der Waals surface area contributed by atoms with Crippen LogP contribution in [0.15, 0.2) is 34.7 Å². The quantitative estimate of drug-likeness (QED) is 0.828. The van der Waals surface area contributed by atoms with Crippen molar-refractivity contribution in [1.82, 2.24) is 9.29 Å². The van der Waals surface area contributed by atoms with Gasteiger partial charge in [-0.15, -0.1) is 11.3 Å². The normalized spacial score (nSPS) is 15.2. The molecular weight excluding hydrogens is 362 g/mol. The van der Waals surface area contributed by atoms with Gasteiger partial charge in [-0.05, 0) is 31.0 Å². The topological polar surface area (TPSA) is 88.6 Å². The molecule has 2 aromatic rings. The molecule has 25 heavy (non-hydrogen) atoms. The first-order chi connectivity index (χ1) is 12.0. The fourth-order valence-corrected chi connectivity index (χ4v) is 5.61. The van der Waals surface area contributed by atoms with Crippen LogP contribution in [-0.4, -0.2) is 43.8 Å². The minimum Gasteiger partial charge on any atom is -0.481 e. The molecule has 0 aromatic carbocycles. The summed E-state index contributed by atoms with van der Waals surface area (Å²) in [6, 6.07) is 6.62. The Bertz CT molecular complexity index is 841. The van der Waals surface area contributed by atoms with Crippen LogP contribution in [0.2, 0.25) is 0 Å². The van der Waals surface area contributed by atoms with Crippen molar-refractivity contribution in [3.63, 3.8) is 0 Å². The second kappa shape index (κ2) is 7.51. The van der Waals surface area contributed by atoms with Crippen LogP contribution in [0.3, 0.4) is 0 Å². The first-order valence-corrected chi connectivity index (χ1v) is 10.1. The van der Waals surface area contributed by atoms with Crippen LogP contribution in [0.25, 0.3) is 0 Å². The van der Waals surface area contributed by atoms with Gasteiger partial charge in [-0.1, -0.05) is 0 Å². The third-order valence-corrected chi connectivity index (χ3v) is 7.31. The molecule has 0 unspecified atom stereocenters. The zero-order chi connectivity index (χ0) is 17.9. The van der Waals surface area contributed by atoms with Gasteiger partial charge in [0.15, 0.2) is 0 Å². The van der Waals surface area contributed by atoms with Crippen LogP contribution in [-0.2, 0) is 21.2 Å². The van der Waals surface area contributed by atoms with Crippen LogP contribution in [0.5, 0.6) is 5.88 Å². The summed E-state index contributed by atoms with van der Waals surface area (Å²) in [5, 5.41) is 2.73. The number of aromatic nitrogens is 1. The van der Waals surface area contributed by atoms with Crippen LogP contribution in [0.4, 0.5) is 5.69 Å². The Balaban J connectivity index is 1.63. The Kier molecular flexibility index (Phi) is 5.36. The molecule has 0 saturated carbocycles. The number of ether oxygens (including phenoxy) is 1. The molecule has 1 saturated heterocycles. The van der Waals surface area contributed by atoms with Crippen molar-refractivity contribution in [2.75, 3.05) is 25.5 Å². The van der Waals surface area contributed by atoms with Crippen molar-refractivity contribution in [2.45, 2.75) is 23.5 Å². The minimum atomic E-state index is -3.42. The van der Waals surface area contributed by atoms with Crippen LogP contribution in [0.1, 0.15) is 17.7 Å². The second-order valence-electron chi connectivity index (χ2n) is 5.65. The van der Waals surface area contributed by atoms with Gasteiger partial charge in [0.1, 0.15) is 4.21 Å². The number of anilines is 1. The van der Waals surface area contributed by atoms with E-state index in [1.807, 2.05) is 0 Å². The number of carbonyl (C=O) groups is 1. The zero-order valence-electron chi connectivity index (χ0n) is 13.8. The fraction of sp³-hybridized carbons (Fsp3) is 0.375. The van der Waals surface area contributed by atoms with Crippen molar-refractivity contribution in [3.8, 4) is 5.88 Å². The maximum Gasteiger partial charge on any atom is 0.252 e. The smallest absolute Gasteiger partial charge is 0.252 e. The molecule has 1 aliphatic heterocycles. The molecule has 1 N–H and O–H groups in total. The van der Waals surface area contributed by atoms with Gasteiger partial charge in [-0.3, -0.25) is 4.79 Å². The van der Waals surface area contributed by atoms with E-state index in [1.165, 1.54) is 17.6 Å². The highest BCUT2D eigenvalue weighted by atomic mass is 32.2. The first-order valence-electron chi connectivity index (χ1n) is 7.88. The minimum absolute atomic E-state index is 0.117. The fourth-order valence-electron chi connectivity index (χ4n) is 2.59. The molecule has 0 atom stereocenters. The number of sulfonamides is 1. The van der Waals surface area contributed by atoms with Gasteiger partial charge in [-0.25, -0.2) is 13.4 Å². The molecule has 0 bridgehead atoms. The number of thiophene rings is 1. The molecule has 3 heterocycles. The summed E-state index contributed by atoms with van der Waals surface area (Å²) < 4.78 is 31.8. The summed E-state index contributed by atoms with van der Waals surface area (Å²) in [5.74, 6) is 0.243. The number of amides is 1. The third-order valence-electron chi connectivity index (χ3n) is 3.86. The summed E-state index contributed by atoms with van der Waals surface area (Å²) >= 11 is 1.15. The zero-order valence-corrected chi connectivity index (χ0v) is 15.4. The third kappa shape index (κ3) is 4.17. The molecular formula is C16H19N3O4S2. The van der Waals surface area contributed by atoms with E-state index in [9.17, 15) is 13.2 Å². The Hall–Kier alpha value is -1.97. The molecule has 0 radical (unpaired) electrons. The van der Waals surface area contributed by atoms with E-state index in [-0.39, 0.29) is 12.3 Å². The molecule has 9 heteroatoms. The highest BCUT2D eigenvalue weighted by Crippen LogP contribution is 2.27. The standard InChI is InChI=1S/C16H19N3O4S2/c1-23-15-6-4-12(11-17-15)18-14(20)10-13-5-7-16(24-13)25(21,22)19-8-2-3-9-19/h4-7,11H,2-3,8-10H2,1H3,(H,18,20). The molecule has 7 nitrogen and oxygen atoms in total. The Morgan fingerprint density at radius 3 is 2.68 bits per heavy atom. The van der Waals surface area contributed by atoms with Gasteiger partial charge in [0.25, 0.3) is 10.0 Å². The molecule has 0 aliphatic carbocycles. The largest absolute Gasteiger partial charge is 0.481 e. The summed E-state index contributed by atoms with van der Waals surface area (Å²) in [5.41, 5.74) is 0.562. The highest BCUT2D eigenvalue weighted by Gasteiger charge is 2.28. The van der Waals surface area contributed by atoms with E-state index < -0.39 is 10.0 Å². The van der Waals surface area contributed by atoms with Crippen LogP contribution >= 0.6 is 11.3 Å². The molecule has 134 valence electrons. The summed E-state index contributed by atoms with van der Waals surface area (Å²) in [4.78, 5) is 16.9. The van der Waals surface area contributed by atoms with Gasteiger partial charge in [0.2, 0.25) is 11.8 Å². The summed E-state index contributed by atoms with van der Waals surface area (Å²) in [7, 11) is -1.90. The van der Waals surface area contributed by atoms with Crippen molar-refractivity contribution in [2.24, 2.45) is 0 Å². The molecule has 2 aromatic heterocycles. The van der Waals surface area contributed by atoms with E-state index >= 15 is 0 Å². The van der Waals surface area contributed by atoms with Gasteiger partial charge in [0.05, 0.1) is 25.4 Å². The van der Waals surface area contributed by atoms with E-state index in [0.29, 0.717) is 33.7 Å². The van der Waals surface area contributed by atoms with Crippen molar-refractivity contribution in [1.29, 1.82) is 0 Å². The van der Waals surface area contributed by atoms with Crippen LogP contribution in [0, 0.1) is 0 Å². The first kappa shape index (κ1) is 17.8. The Morgan fingerprint density at radius 2 is 2.04 bits per heavy atom. The maximum atomic E-state index is 12.5. The van der Waals surface area contributed by atoms with E-state index in [0.717, 1.165) is 24.2 Å². The lowest BCUT2D eigenvalue weighted by Gasteiger charge is -2.13. The number of nitrogens with zero attached hydrogens (tertiary/aromatic N) is 2. The Morgan fingerprint density at radius 1 is 1.28 bits per heavy atom. The number of nitrogens with one attached hydrogen (secondary N) is 1. The van der Waals surface area contributed by atoms with E-state index in [1.54, 1.807) is 24.3 Å². The molecule has 1 fully saturated rings.